The Balaban J connectivity index is 2.94. The quantitative estimate of drug-likeness (QED) is 0.795. The fraction of sp³-hybridized carbons (Fsp3) is 0.636. The summed E-state index contributed by atoms with van der Waals surface area (Å²) in [6.07, 6.45) is 2.70. The van der Waals surface area contributed by atoms with Crippen LogP contribution in [0.5, 0.6) is 0 Å². The number of hydrogen-bond acceptors (Lipinski definition) is 5. The van der Waals surface area contributed by atoms with E-state index in [1.54, 1.807) is 18.7 Å². The van der Waals surface area contributed by atoms with Gasteiger partial charge in [0.2, 0.25) is 10.0 Å². The van der Waals surface area contributed by atoms with Crippen LogP contribution in [-0.2, 0) is 16.6 Å². The van der Waals surface area contributed by atoms with Gasteiger partial charge in [-0.1, -0.05) is 6.92 Å². The van der Waals surface area contributed by atoms with Crippen LogP contribution in [0, 0.1) is 6.92 Å². The number of nitrogens with two attached hydrogens (primary N) is 1. The average molecular weight is 292 g/mol. The highest BCUT2D eigenvalue weighted by atomic mass is 32.2. The van der Waals surface area contributed by atoms with Gasteiger partial charge in [0, 0.05) is 17.9 Å². The van der Waals surface area contributed by atoms with Crippen molar-refractivity contribution in [1.82, 2.24) is 4.72 Å². The molecule has 1 heterocycles. The molecular formula is C11H20N2O3S2. The Hall–Kier alpha value is -0.500. The molecule has 1 aromatic heterocycles. The fourth-order valence-electron chi connectivity index (χ4n) is 1.61. The van der Waals surface area contributed by atoms with Gasteiger partial charge in [0.1, 0.15) is 16.4 Å². The molecule has 3 N–H and O–H groups in total. The molecule has 1 atom stereocenters. The van der Waals surface area contributed by atoms with E-state index in [4.69, 9.17) is 10.2 Å². The van der Waals surface area contributed by atoms with Gasteiger partial charge in [-0.3, -0.25) is 0 Å². The third-order valence-corrected chi connectivity index (χ3v) is 4.96. The molecule has 0 bridgehead atoms. The summed E-state index contributed by atoms with van der Waals surface area (Å²) >= 11 is 1.61. The summed E-state index contributed by atoms with van der Waals surface area (Å²) in [5.41, 5.74) is 5.44. The van der Waals surface area contributed by atoms with Gasteiger partial charge in [0.05, 0.1) is 6.54 Å². The van der Waals surface area contributed by atoms with Crippen LogP contribution in [0.2, 0.25) is 0 Å². The summed E-state index contributed by atoms with van der Waals surface area (Å²) in [5.74, 6) is 1.60. The molecule has 1 unspecified atom stereocenters. The topological polar surface area (TPSA) is 85.3 Å². The normalized spacial score (nSPS) is 13.8. The first kappa shape index (κ1) is 15.6. The predicted octanol–water partition coefficient (Wildman–Crippen LogP) is 1.47. The number of furan rings is 1. The molecule has 104 valence electrons. The molecule has 1 aromatic rings. The molecule has 0 fully saturated rings. The van der Waals surface area contributed by atoms with Crippen LogP contribution in [0.15, 0.2) is 15.4 Å². The molecule has 5 nitrogen and oxygen atoms in total. The molecule has 0 amide bonds. The van der Waals surface area contributed by atoms with E-state index in [2.05, 4.69) is 4.72 Å². The van der Waals surface area contributed by atoms with Crippen molar-refractivity contribution >= 4 is 21.8 Å². The summed E-state index contributed by atoms with van der Waals surface area (Å²) < 4.78 is 32.4. The minimum Gasteiger partial charge on any atom is -0.464 e. The monoisotopic (exact) mass is 292 g/mol. The minimum absolute atomic E-state index is 0.0689. The van der Waals surface area contributed by atoms with Crippen LogP contribution < -0.4 is 10.5 Å². The molecule has 0 aliphatic rings. The molecule has 0 saturated heterocycles. The molecule has 0 aliphatic heterocycles. The van der Waals surface area contributed by atoms with Crippen molar-refractivity contribution in [2.45, 2.75) is 37.8 Å². The number of rotatable bonds is 7. The summed E-state index contributed by atoms with van der Waals surface area (Å²) in [5, 5.41) is 0. The van der Waals surface area contributed by atoms with E-state index in [1.807, 2.05) is 13.2 Å². The van der Waals surface area contributed by atoms with Gasteiger partial charge in [-0.05, 0) is 19.6 Å². The third kappa shape index (κ3) is 3.74. The molecule has 0 aromatic carbocycles. The minimum atomic E-state index is -3.53. The Morgan fingerprint density at radius 2 is 2.22 bits per heavy atom. The van der Waals surface area contributed by atoms with Crippen molar-refractivity contribution in [3.05, 3.63) is 17.6 Å². The predicted molar refractivity (Wildman–Crippen MR) is 74.1 cm³/mol. The van der Waals surface area contributed by atoms with Crippen LogP contribution in [-0.4, -0.2) is 26.5 Å². The van der Waals surface area contributed by atoms with E-state index in [-0.39, 0.29) is 17.5 Å². The second-order valence-electron chi connectivity index (χ2n) is 4.02. The lowest BCUT2D eigenvalue weighted by molar-refractivity contribution is 0.478. The van der Waals surface area contributed by atoms with Gasteiger partial charge in [-0.2, -0.15) is 11.8 Å². The standard InChI is InChI=1S/C11H20N2O3S2/c1-4-9(7-17-3)13-18(14,15)11-5-10(6-12)16-8(11)2/h5,9,13H,4,6-7,12H2,1-3H3. The second kappa shape index (κ2) is 6.60. The van der Waals surface area contributed by atoms with Crippen molar-refractivity contribution in [2.24, 2.45) is 5.73 Å². The lowest BCUT2D eigenvalue weighted by atomic mass is 10.3. The van der Waals surface area contributed by atoms with Crippen LogP contribution in [0.4, 0.5) is 0 Å². The Labute approximate surface area is 113 Å². The first-order chi connectivity index (χ1) is 8.44. The molecule has 1 rings (SSSR count). The molecule has 0 aliphatic carbocycles. The van der Waals surface area contributed by atoms with Gasteiger partial charge < -0.3 is 10.2 Å². The maximum atomic E-state index is 12.2. The molecule has 0 spiro atoms. The van der Waals surface area contributed by atoms with E-state index < -0.39 is 10.0 Å². The van der Waals surface area contributed by atoms with Crippen molar-refractivity contribution in [2.75, 3.05) is 12.0 Å². The maximum absolute atomic E-state index is 12.2. The fourth-order valence-corrected chi connectivity index (χ4v) is 3.96. The number of hydrogen-bond donors (Lipinski definition) is 2. The number of nitrogens with one attached hydrogen (secondary N) is 1. The molecule has 0 saturated carbocycles. The highest BCUT2D eigenvalue weighted by molar-refractivity contribution is 7.98. The summed E-state index contributed by atoms with van der Waals surface area (Å²) in [6, 6.07) is 1.42. The van der Waals surface area contributed by atoms with Crippen LogP contribution >= 0.6 is 11.8 Å². The first-order valence-electron chi connectivity index (χ1n) is 5.75. The number of thioether (sulfide) groups is 1. The van der Waals surface area contributed by atoms with E-state index >= 15 is 0 Å². The molecule has 7 heteroatoms. The van der Waals surface area contributed by atoms with Crippen LogP contribution in [0.25, 0.3) is 0 Å². The Morgan fingerprint density at radius 3 is 2.67 bits per heavy atom. The van der Waals surface area contributed by atoms with Crippen molar-refractivity contribution in [3.8, 4) is 0 Å². The van der Waals surface area contributed by atoms with Crippen molar-refractivity contribution in [3.63, 3.8) is 0 Å². The largest absolute Gasteiger partial charge is 0.464 e. The molecular weight excluding hydrogens is 272 g/mol. The van der Waals surface area contributed by atoms with Gasteiger partial charge in [0.15, 0.2) is 0 Å². The van der Waals surface area contributed by atoms with E-state index in [0.29, 0.717) is 11.5 Å². The summed E-state index contributed by atoms with van der Waals surface area (Å²) in [6.45, 7) is 3.78. The average Bonchev–Trinajstić information content (AvgIpc) is 2.70. The molecule has 0 radical (unpaired) electrons. The lowest BCUT2D eigenvalue weighted by Crippen LogP contribution is -2.36. The third-order valence-electron chi connectivity index (χ3n) is 2.60. The zero-order valence-electron chi connectivity index (χ0n) is 10.9. The first-order valence-corrected chi connectivity index (χ1v) is 8.63. The highest BCUT2D eigenvalue weighted by Crippen LogP contribution is 2.20. The van der Waals surface area contributed by atoms with Gasteiger partial charge in [-0.25, -0.2) is 13.1 Å². The Morgan fingerprint density at radius 1 is 1.56 bits per heavy atom. The highest BCUT2D eigenvalue weighted by Gasteiger charge is 2.23. The number of sulfonamides is 1. The Kier molecular flexibility index (Phi) is 5.71. The van der Waals surface area contributed by atoms with Crippen LogP contribution in [0.3, 0.4) is 0 Å². The summed E-state index contributed by atoms with van der Waals surface area (Å²) in [7, 11) is -3.53. The summed E-state index contributed by atoms with van der Waals surface area (Å²) in [4.78, 5) is 0.183. The smallest absolute Gasteiger partial charge is 0.244 e. The van der Waals surface area contributed by atoms with Gasteiger partial charge in [0.25, 0.3) is 0 Å². The zero-order chi connectivity index (χ0) is 13.8. The van der Waals surface area contributed by atoms with Crippen molar-refractivity contribution < 1.29 is 12.8 Å². The van der Waals surface area contributed by atoms with E-state index in [0.717, 1.165) is 12.2 Å². The lowest BCUT2D eigenvalue weighted by Gasteiger charge is -2.15. The Bertz CT molecular complexity index is 482. The van der Waals surface area contributed by atoms with E-state index in [9.17, 15) is 8.42 Å². The van der Waals surface area contributed by atoms with Crippen molar-refractivity contribution in [1.29, 1.82) is 0 Å². The van der Waals surface area contributed by atoms with Gasteiger partial charge in [-0.15, -0.1) is 0 Å². The second-order valence-corrected chi connectivity index (χ2v) is 6.61. The zero-order valence-corrected chi connectivity index (χ0v) is 12.5. The van der Waals surface area contributed by atoms with Gasteiger partial charge >= 0.3 is 0 Å². The molecule has 18 heavy (non-hydrogen) atoms. The van der Waals surface area contributed by atoms with Crippen LogP contribution in [0.1, 0.15) is 24.9 Å². The van der Waals surface area contributed by atoms with E-state index in [1.165, 1.54) is 6.07 Å². The SMILES string of the molecule is CCC(CSC)NS(=O)(=O)c1cc(CN)oc1C. The maximum Gasteiger partial charge on any atom is 0.244 e. The number of aryl methyl sites for hydroxylation is 1.